The molecule has 5 heteroatoms. The number of nitrogens with zero attached hydrogens (tertiary/aromatic N) is 2. The van der Waals surface area contributed by atoms with Gasteiger partial charge in [0.2, 0.25) is 0 Å². The zero-order chi connectivity index (χ0) is 32.7. The Balaban J connectivity index is 1.49. The van der Waals surface area contributed by atoms with Crippen LogP contribution in [0.1, 0.15) is 22.8 Å². The van der Waals surface area contributed by atoms with Gasteiger partial charge in [0.15, 0.2) is 0 Å². The lowest BCUT2D eigenvalue weighted by Gasteiger charge is -2.09. The number of H-pyrrole nitrogens is 2. The molecule has 49 heavy (non-hydrogen) atoms. The summed E-state index contributed by atoms with van der Waals surface area (Å²) >= 11 is 0. The molecule has 0 saturated carbocycles. The molecule has 4 aromatic carbocycles. The van der Waals surface area contributed by atoms with Gasteiger partial charge in [-0.3, -0.25) is 0 Å². The molecule has 0 atom stereocenters. The van der Waals surface area contributed by atoms with Crippen molar-refractivity contribution in [1.82, 2.24) is 19.9 Å². The number of benzene rings is 4. The topological polar surface area (TPSA) is 80.4 Å². The van der Waals surface area contributed by atoms with E-state index in [1.165, 1.54) is 0 Å². The van der Waals surface area contributed by atoms with Gasteiger partial charge in [0, 0.05) is 44.3 Å². The Hall–Kier alpha value is -6.72. The highest BCUT2D eigenvalue weighted by Crippen LogP contribution is 2.38. The number of aromatic amines is 2. The van der Waals surface area contributed by atoms with Crippen LogP contribution < -0.4 is 5.11 Å². The van der Waals surface area contributed by atoms with E-state index in [4.69, 9.17) is 9.97 Å². The first-order valence-electron chi connectivity index (χ1n) is 16.3. The standard InChI is InChI=1S/C44H30N4O/c49-32-18-10-17-31(27-32)44-39-25-23-37(47-39)42(29-13-6-2-7-14-29)35-21-19-33(45-35)41(28-11-4-1-5-12-28)34-20-22-36(46-34)43(30-15-8-3-9-16-30)38-24-26-40(44)48-38/h1-27,45,48-49H/p-1. The molecular formula is C44H29N4O-. The van der Waals surface area contributed by atoms with Crippen molar-refractivity contribution >= 4 is 46.4 Å². The van der Waals surface area contributed by atoms with E-state index < -0.39 is 0 Å². The molecule has 232 valence electrons. The monoisotopic (exact) mass is 629 g/mol. The van der Waals surface area contributed by atoms with E-state index in [9.17, 15) is 5.11 Å². The maximum Gasteiger partial charge on any atom is 0.0737 e. The first-order valence-corrected chi connectivity index (χ1v) is 16.3. The Morgan fingerprint density at radius 1 is 0.347 bits per heavy atom. The molecule has 0 unspecified atom stereocenters. The smallest absolute Gasteiger partial charge is 0.0737 e. The summed E-state index contributed by atoms with van der Waals surface area (Å²) in [6.45, 7) is 0. The number of hydrogen-bond donors (Lipinski definition) is 2. The molecular weight excluding hydrogens is 601 g/mol. The highest BCUT2D eigenvalue weighted by Gasteiger charge is 2.18. The van der Waals surface area contributed by atoms with Crippen LogP contribution in [0.2, 0.25) is 0 Å². The van der Waals surface area contributed by atoms with Crippen molar-refractivity contribution < 1.29 is 5.11 Å². The second kappa shape index (κ2) is 11.8. The third-order valence-corrected chi connectivity index (χ3v) is 9.06. The van der Waals surface area contributed by atoms with Crippen LogP contribution in [0.5, 0.6) is 5.75 Å². The maximum absolute atomic E-state index is 12.7. The average Bonchev–Trinajstić information content (AvgIpc) is 3.97. The lowest BCUT2D eigenvalue weighted by Crippen LogP contribution is -1.91. The van der Waals surface area contributed by atoms with Gasteiger partial charge in [-0.05, 0) is 70.8 Å². The molecule has 3 aromatic heterocycles. The summed E-state index contributed by atoms with van der Waals surface area (Å²) < 4.78 is 0. The van der Waals surface area contributed by atoms with Crippen molar-refractivity contribution in [2.45, 2.75) is 0 Å². The van der Waals surface area contributed by atoms with Crippen molar-refractivity contribution in [3.8, 4) is 50.3 Å². The van der Waals surface area contributed by atoms with E-state index >= 15 is 0 Å². The lowest BCUT2D eigenvalue weighted by molar-refractivity contribution is -0.268. The second-order valence-corrected chi connectivity index (χ2v) is 12.1. The Kier molecular flexibility index (Phi) is 6.87. The van der Waals surface area contributed by atoms with E-state index in [1.807, 2.05) is 54.6 Å². The van der Waals surface area contributed by atoms with Gasteiger partial charge in [-0.2, -0.15) is 0 Å². The SMILES string of the molecule is [O-]c1cccc(-c2c3nc(c(-c4ccccc4)c4ccc([nH]4)c(-c4ccccc4)c4nc(c(-c5ccccc5)c5ccc2[nH]5)C=C4)C=C3)c1. The van der Waals surface area contributed by atoms with E-state index in [0.29, 0.717) is 0 Å². The molecule has 2 aliphatic heterocycles. The van der Waals surface area contributed by atoms with Gasteiger partial charge in [0.05, 0.1) is 22.8 Å². The number of hydrogen-bond acceptors (Lipinski definition) is 3. The fourth-order valence-electron chi connectivity index (χ4n) is 6.89. The molecule has 0 radical (unpaired) electrons. The van der Waals surface area contributed by atoms with Crippen LogP contribution in [-0.4, -0.2) is 19.9 Å². The summed E-state index contributed by atoms with van der Waals surface area (Å²) in [5, 5.41) is 12.7. The van der Waals surface area contributed by atoms with Crippen molar-refractivity contribution in [3.63, 3.8) is 0 Å². The summed E-state index contributed by atoms with van der Waals surface area (Å²) in [6.07, 6.45) is 8.31. The quantitative estimate of drug-likeness (QED) is 0.203. The van der Waals surface area contributed by atoms with Gasteiger partial charge < -0.3 is 15.1 Å². The first-order chi connectivity index (χ1) is 24.2. The number of fused-ring (bicyclic) bond motifs is 8. The normalized spacial score (nSPS) is 12.0. The van der Waals surface area contributed by atoms with Crippen LogP contribution in [0.4, 0.5) is 0 Å². The maximum atomic E-state index is 12.7. The predicted octanol–water partition coefficient (Wildman–Crippen LogP) is 10.4. The molecule has 2 N–H and O–H groups in total. The van der Waals surface area contributed by atoms with Crippen LogP contribution >= 0.6 is 0 Å². The van der Waals surface area contributed by atoms with Crippen molar-refractivity contribution in [1.29, 1.82) is 0 Å². The molecule has 0 aliphatic carbocycles. The van der Waals surface area contributed by atoms with Crippen LogP contribution in [0.25, 0.3) is 90.9 Å². The first kappa shape index (κ1) is 28.5. The molecule has 5 nitrogen and oxygen atoms in total. The Bertz CT molecular complexity index is 2560. The summed E-state index contributed by atoms with van der Waals surface area (Å²) in [6, 6.07) is 46.5. The summed E-state index contributed by atoms with van der Waals surface area (Å²) in [4.78, 5) is 18.1. The minimum atomic E-state index is -0.0540. The van der Waals surface area contributed by atoms with Crippen molar-refractivity contribution in [2.24, 2.45) is 0 Å². The summed E-state index contributed by atoms with van der Waals surface area (Å²) in [7, 11) is 0. The fraction of sp³-hybridized carbons (Fsp3) is 0. The Morgan fingerprint density at radius 2 is 0.673 bits per heavy atom. The second-order valence-electron chi connectivity index (χ2n) is 12.1. The van der Waals surface area contributed by atoms with Crippen LogP contribution in [0, 0.1) is 0 Å². The summed E-state index contributed by atoms with van der Waals surface area (Å²) in [5.41, 5.74) is 14.8. The zero-order valence-corrected chi connectivity index (χ0v) is 26.4. The minimum Gasteiger partial charge on any atom is -0.872 e. The molecule has 8 bridgehead atoms. The number of rotatable bonds is 4. The fourth-order valence-corrected chi connectivity index (χ4v) is 6.89. The van der Waals surface area contributed by atoms with Crippen LogP contribution in [-0.2, 0) is 0 Å². The summed E-state index contributed by atoms with van der Waals surface area (Å²) in [5.74, 6) is -0.0540. The molecule has 0 fully saturated rings. The van der Waals surface area contributed by atoms with Gasteiger partial charge in [-0.25, -0.2) is 9.97 Å². The largest absolute Gasteiger partial charge is 0.872 e. The molecule has 0 saturated heterocycles. The van der Waals surface area contributed by atoms with Gasteiger partial charge >= 0.3 is 0 Å². The van der Waals surface area contributed by atoms with Crippen LogP contribution in [0.3, 0.4) is 0 Å². The van der Waals surface area contributed by atoms with Gasteiger partial charge in [-0.15, -0.1) is 5.75 Å². The zero-order valence-electron chi connectivity index (χ0n) is 26.4. The third kappa shape index (κ3) is 5.14. The van der Waals surface area contributed by atoms with Gasteiger partial charge in [-0.1, -0.05) is 115 Å². The van der Waals surface area contributed by atoms with Crippen molar-refractivity contribution in [2.75, 3.05) is 0 Å². The minimum absolute atomic E-state index is 0.0540. The Morgan fingerprint density at radius 3 is 1.02 bits per heavy atom. The van der Waals surface area contributed by atoms with Gasteiger partial charge in [0.25, 0.3) is 0 Å². The average molecular weight is 630 g/mol. The molecule has 0 spiro atoms. The lowest BCUT2D eigenvalue weighted by atomic mass is 10.0. The number of aromatic nitrogens is 4. The highest BCUT2D eigenvalue weighted by atomic mass is 16.3. The highest BCUT2D eigenvalue weighted by molar-refractivity contribution is 5.99. The molecule has 5 heterocycles. The molecule has 2 aliphatic rings. The Labute approximate surface area is 283 Å². The van der Waals surface area contributed by atoms with E-state index in [1.54, 1.807) is 18.2 Å². The van der Waals surface area contributed by atoms with E-state index in [-0.39, 0.29) is 5.75 Å². The van der Waals surface area contributed by atoms with E-state index in [2.05, 4.69) is 101 Å². The molecule has 7 aromatic rings. The number of nitrogens with one attached hydrogen (secondary N) is 2. The molecule has 9 rings (SSSR count). The van der Waals surface area contributed by atoms with Crippen molar-refractivity contribution in [3.05, 3.63) is 162 Å². The van der Waals surface area contributed by atoms with E-state index in [0.717, 1.165) is 89.4 Å². The van der Waals surface area contributed by atoms with Gasteiger partial charge in [0.1, 0.15) is 0 Å². The van der Waals surface area contributed by atoms with Crippen LogP contribution in [0.15, 0.2) is 140 Å². The third-order valence-electron chi connectivity index (χ3n) is 9.06. The molecule has 0 amide bonds. The predicted molar refractivity (Wildman–Crippen MR) is 200 cm³/mol.